The Morgan fingerprint density at radius 2 is 2.00 bits per heavy atom. The molecule has 0 radical (unpaired) electrons. The van der Waals surface area contributed by atoms with E-state index in [0.29, 0.717) is 17.0 Å². The number of para-hydroxylation sites is 1. The molecule has 102 valence electrons. The summed E-state index contributed by atoms with van der Waals surface area (Å²) >= 11 is 0. The van der Waals surface area contributed by atoms with Crippen molar-refractivity contribution in [3.05, 3.63) is 23.8 Å². The lowest BCUT2D eigenvalue weighted by Crippen LogP contribution is -2.30. The molecule has 1 aromatic rings. The van der Waals surface area contributed by atoms with Crippen LogP contribution in [0.4, 0.5) is 5.69 Å². The minimum Gasteiger partial charge on any atom is -0.495 e. The van der Waals surface area contributed by atoms with Gasteiger partial charge in [0.2, 0.25) is 0 Å². The Bertz CT molecular complexity index is 478. The second-order valence-electron chi connectivity index (χ2n) is 6.08. The molecule has 0 bridgehead atoms. The van der Waals surface area contributed by atoms with Crippen LogP contribution in [0.15, 0.2) is 18.2 Å². The third-order valence-electron chi connectivity index (χ3n) is 4.05. The first-order valence-corrected chi connectivity index (χ1v) is 6.89. The highest BCUT2D eigenvalue weighted by molar-refractivity contribution is 5.66. The van der Waals surface area contributed by atoms with Gasteiger partial charge in [0, 0.05) is 6.04 Å². The normalized spacial score (nSPS) is 18.6. The van der Waals surface area contributed by atoms with Crippen molar-refractivity contribution in [2.24, 2.45) is 5.41 Å². The van der Waals surface area contributed by atoms with E-state index in [0.717, 1.165) is 24.3 Å². The maximum Gasteiger partial charge on any atom is 0.143 e. The molecular formula is C16H22N2O. The minimum atomic E-state index is 0.441. The van der Waals surface area contributed by atoms with E-state index in [2.05, 4.69) is 25.2 Å². The van der Waals surface area contributed by atoms with E-state index in [1.54, 1.807) is 7.11 Å². The fourth-order valence-electron chi connectivity index (χ4n) is 2.69. The number of benzene rings is 1. The first kappa shape index (κ1) is 13.7. The maximum absolute atomic E-state index is 9.21. The van der Waals surface area contributed by atoms with Crippen molar-refractivity contribution in [1.82, 2.24) is 0 Å². The van der Waals surface area contributed by atoms with Crippen molar-refractivity contribution < 1.29 is 4.74 Å². The van der Waals surface area contributed by atoms with Crippen molar-refractivity contribution >= 4 is 5.69 Å². The summed E-state index contributed by atoms with van der Waals surface area (Å²) in [4.78, 5) is 0. The van der Waals surface area contributed by atoms with E-state index in [4.69, 9.17) is 4.74 Å². The summed E-state index contributed by atoms with van der Waals surface area (Å²) in [5.74, 6) is 0.754. The average molecular weight is 258 g/mol. The Hall–Kier alpha value is -1.69. The van der Waals surface area contributed by atoms with Gasteiger partial charge in [0.25, 0.3) is 0 Å². The van der Waals surface area contributed by atoms with Crippen LogP contribution in [0.2, 0.25) is 0 Å². The number of nitriles is 1. The lowest BCUT2D eigenvalue weighted by Gasteiger charge is -2.35. The summed E-state index contributed by atoms with van der Waals surface area (Å²) < 4.78 is 5.36. The number of hydrogen-bond donors (Lipinski definition) is 1. The van der Waals surface area contributed by atoms with Gasteiger partial charge in [-0.05, 0) is 43.2 Å². The minimum absolute atomic E-state index is 0.441. The molecule has 1 saturated carbocycles. The largest absolute Gasteiger partial charge is 0.495 e. The van der Waals surface area contributed by atoms with Crippen LogP contribution >= 0.6 is 0 Å². The molecule has 0 amide bonds. The Labute approximate surface area is 115 Å². The number of hydrogen-bond acceptors (Lipinski definition) is 3. The molecule has 3 nitrogen and oxygen atoms in total. The van der Waals surface area contributed by atoms with Crippen LogP contribution < -0.4 is 10.1 Å². The molecule has 1 N–H and O–H groups in total. The summed E-state index contributed by atoms with van der Waals surface area (Å²) in [6, 6.07) is 8.26. The Balaban J connectivity index is 2.13. The molecule has 0 atom stereocenters. The van der Waals surface area contributed by atoms with Gasteiger partial charge in [-0.2, -0.15) is 5.26 Å². The molecule has 3 heteroatoms. The van der Waals surface area contributed by atoms with Gasteiger partial charge in [0.1, 0.15) is 11.8 Å². The van der Waals surface area contributed by atoms with Gasteiger partial charge >= 0.3 is 0 Å². The summed E-state index contributed by atoms with van der Waals surface area (Å²) in [6.07, 6.45) is 4.75. The highest BCUT2D eigenvalue weighted by Gasteiger charge is 2.27. The third kappa shape index (κ3) is 3.20. The first-order chi connectivity index (χ1) is 9.05. The molecule has 19 heavy (non-hydrogen) atoms. The molecule has 0 spiro atoms. The molecule has 1 fully saturated rings. The molecule has 1 aromatic carbocycles. The molecule has 1 aliphatic rings. The molecular weight excluding hydrogens is 236 g/mol. The van der Waals surface area contributed by atoms with E-state index < -0.39 is 0 Å². The number of nitrogens with one attached hydrogen (secondary N) is 1. The number of nitrogens with zero attached hydrogens (tertiary/aromatic N) is 1. The van der Waals surface area contributed by atoms with E-state index in [-0.39, 0.29) is 0 Å². The zero-order valence-corrected chi connectivity index (χ0v) is 12.0. The molecule has 1 aliphatic carbocycles. The number of methoxy groups -OCH3 is 1. The van der Waals surface area contributed by atoms with Gasteiger partial charge in [-0.25, -0.2) is 0 Å². The first-order valence-electron chi connectivity index (χ1n) is 6.89. The highest BCUT2D eigenvalue weighted by Crippen LogP contribution is 2.37. The van der Waals surface area contributed by atoms with Crippen molar-refractivity contribution in [3.8, 4) is 11.8 Å². The van der Waals surface area contributed by atoms with Crippen LogP contribution in [0.1, 0.15) is 45.1 Å². The van der Waals surface area contributed by atoms with Gasteiger partial charge < -0.3 is 10.1 Å². The van der Waals surface area contributed by atoms with Crippen molar-refractivity contribution in [3.63, 3.8) is 0 Å². The average Bonchev–Trinajstić information content (AvgIpc) is 2.41. The van der Waals surface area contributed by atoms with Crippen LogP contribution in [-0.2, 0) is 0 Å². The van der Waals surface area contributed by atoms with Crippen molar-refractivity contribution in [1.29, 1.82) is 5.26 Å². The number of anilines is 1. The fourth-order valence-corrected chi connectivity index (χ4v) is 2.69. The second-order valence-corrected chi connectivity index (χ2v) is 6.08. The van der Waals surface area contributed by atoms with E-state index >= 15 is 0 Å². The highest BCUT2D eigenvalue weighted by atomic mass is 16.5. The Kier molecular flexibility index (Phi) is 3.99. The van der Waals surface area contributed by atoms with Crippen LogP contribution in [0.3, 0.4) is 0 Å². The number of ether oxygens (including phenoxy) is 1. The van der Waals surface area contributed by atoms with Crippen LogP contribution in [0, 0.1) is 16.7 Å². The Morgan fingerprint density at radius 1 is 1.32 bits per heavy atom. The predicted octanol–water partition coefficient (Wildman–Crippen LogP) is 3.95. The molecule has 2 rings (SSSR count). The lowest BCUT2D eigenvalue weighted by molar-refractivity contribution is 0.232. The van der Waals surface area contributed by atoms with Gasteiger partial charge in [-0.1, -0.05) is 19.9 Å². The van der Waals surface area contributed by atoms with Gasteiger partial charge in [-0.15, -0.1) is 0 Å². The molecule has 0 saturated heterocycles. The second kappa shape index (κ2) is 5.52. The van der Waals surface area contributed by atoms with E-state index in [1.807, 2.05) is 18.2 Å². The predicted molar refractivity (Wildman–Crippen MR) is 77.4 cm³/mol. The smallest absolute Gasteiger partial charge is 0.143 e. The zero-order valence-electron chi connectivity index (χ0n) is 12.0. The third-order valence-corrected chi connectivity index (χ3v) is 4.05. The fraction of sp³-hybridized carbons (Fsp3) is 0.562. The summed E-state index contributed by atoms with van der Waals surface area (Å²) in [5.41, 5.74) is 1.96. The van der Waals surface area contributed by atoms with Gasteiger partial charge in [0.15, 0.2) is 0 Å². The van der Waals surface area contributed by atoms with Crippen LogP contribution in [-0.4, -0.2) is 13.2 Å². The van der Waals surface area contributed by atoms with Gasteiger partial charge in [-0.3, -0.25) is 0 Å². The van der Waals surface area contributed by atoms with Crippen molar-refractivity contribution in [2.45, 2.75) is 45.6 Å². The molecule has 0 aliphatic heterocycles. The summed E-state index contributed by atoms with van der Waals surface area (Å²) in [7, 11) is 1.64. The van der Waals surface area contributed by atoms with E-state index in [9.17, 15) is 5.26 Å². The topological polar surface area (TPSA) is 45.0 Å². The van der Waals surface area contributed by atoms with Crippen LogP contribution in [0.5, 0.6) is 5.75 Å². The summed E-state index contributed by atoms with van der Waals surface area (Å²) in [5, 5.41) is 12.7. The molecule has 0 unspecified atom stereocenters. The summed E-state index contributed by atoms with van der Waals surface area (Å²) in [6.45, 7) is 4.65. The zero-order chi connectivity index (χ0) is 13.9. The van der Waals surface area contributed by atoms with E-state index in [1.165, 1.54) is 12.8 Å². The van der Waals surface area contributed by atoms with Crippen molar-refractivity contribution in [2.75, 3.05) is 12.4 Å². The van der Waals surface area contributed by atoms with Gasteiger partial charge in [0.05, 0.1) is 18.4 Å². The molecule has 0 heterocycles. The standard InChI is InChI=1S/C16H22N2O/c1-16(2)9-7-13(8-10-16)18-15-12(11-17)5-4-6-14(15)19-3/h4-6,13,18H,7-10H2,1-3H3. The monoisotopic (exact) mass is 258 g/mol. The lowest BCUT2D eigenvalue weighted by atomic mass is 9.75. The number of rotatable bonds is 3. The quantitative estimate of drug-likeness (QED) is 0.893. The Morgan fingerprint density at radius 3 is 2.58 bits per heavy atom. The maximum atomic E-state index is 9.21. The molecule has 0 aromatic heterocycles. The van der Waals surface area contributed by atoms with Crippen LogP contribution in [0.25, 0.3) is 0 Å². The SMILES string of the molecule is COc1cccc(C#N)c1NC1CCC(C)(C)CC1.